The molecule has 0 spiro atoms. The Kier molecular flexibility index (Phi) is 8.23. The van der Waals surface area contributed by atoms with Crippen LogP contribution in [-0.2, 0) is 25.5 Å². The maximum atomic E-state index is 13.3. The summed E-state index contributed by atoms with van der Waals surface area (Å²) < 4.78 is 10.8. The van der Waals surface area contributed by atoms with Gasteiger partial charge < -0.3 is 19.7 Å². The molecule has 2 amide bonds. The van der Waals surface area contributed by atoms with Crippen LogP contribution in [-0.4, -0.2) is 31.5 Å². The molecule has 1 N–H and O–H groups in total. The van der Waals surface area contributed by atoms with E-state index in [1.165, 1.54) is 5.56 Å². The van der Waals surface area contributed by atoms with Crippen LogP contribution in [0.4, 0.5) is 11.4 Å². The highest BCUT2D eigenvalue weighted by atomic mass is 16.5. The second-order valence-corrected chi connectivity index (χ2v) is 9.17. The third-order valence-corrected chi connectivity index (χ3v) is 6.66. The smallest absolute Gasteiger partial charge is 0.311 e. The number of methoxy groups -OCH3 is 1. The summed E-state index contributed by atoms with van der Waals surface area (Å²) in [6.45, 7) is 3.63. The van der Waals surface area contributed by atoms with E-state index < -0.39 is 30.4 Å². The minimum atomic E-state index is -0.635. The van der Waals surface area contributed by atoms with Crippen molar-refractivity contribution in [3.63, 3.8) is 0 Å². The van der Waals surface area contributed by atoms with E-state index in [9.17, 15) is 14.4 Å². The molecule has 3 aromatic carbocycles. The lowest BCUT2D eigenvalue weighted by Gasteiger charge is -2.40. The quantitative estimate of drug-likeness (QED) is 0.428. The maximum absolute atomic E-state index is 13.3. The third kappa shape index (κ3) is 6.17. The average Bonchev–Trinajstić information content (AvgIpc) is 2.92. The number of nitrogens with one attached hydrogen (secondary N) is 1. The second kappa shape index (κ2) is 11.7. The van der Waals surface area contributed by atoms with Crippen LogP contribution in [0.3, 0.4) is 0 Å². The molecule has 37 heavy (non-hydrogen) atoms. The molecular formula is C30H32N2O5. The zero-order chi connectivity index (χ0) is 26.4. The van der Waals surface area contributed by atoms with Crippen LogP contribution in [0.5, 0.6) is 5.75 Å². The Hall–Kier alpha value is -4.13. The van der Waals surface area contributed by atoms with Gasteiger partial charge in [0, 0.05) is 17.8 Å². The summed E-state index contributed by atoms with van der Waals surface area (Å²) in [5.41, 5.74) is 4.38. The zero-order valence-corrected chi connectivity index (χ0v) is 21.4. The molecule has 0 unspecified atom stereocenters. The molecule has 2 atom stereocenters. The monoisotopic (exact) mass is 500 g/mol. The average molecular weight is 501 g/mol. The Morgan fingerprint density at radius 3 is 2.27 bits per heavy atom. The predicted octanol–water partition coefficient (Wildman–Crippen LogP) is 5.23. The van der Waals surface area contributed by atoms with Gasteiger partial charge in [0.1, 0.15) is 5.75 Å². The van der Waals surface area contributed by atoms with Gasteiger partial charge in [0.15, 0.2) is 6.61 Å². The zero-order valence-electron chi connectivity index (χ0n) is 21.4. The molecular weight excluding hydrogens is 468 g/mol. The molecule has 7 nitrogen and oxygen atoms in total. The van der Waals surface area contributed by atoms with Crippen LogP contribution in [0.15, 0.2) is 72.8 Å². The van der Waals surface area contributed by atoms with Crippen molar-refractivity contribution in [1.29, 1.82) is 0 Å². The van der Waals surface area contributed by atoms with Gasteiger partial charge in [-0.25, -0.2) is 0 Å². The Morgan fingerprint density at radius 1 is 0.973 bits per heavy atom. The van der Waals surface area contributed by atoms with Crippen molar-refractivity contribution in [2.45, 2.75) is 39.2 Å². The molecule has 1 fully saturated rings. The number of nitrogens with zero attached hydrogens (tertiary/aromatic N) is 1. The highest BCUT2D eigenvalue weighted by molar-refractivity contribution is 5.97. The van der Waals surface area contributed by atoms with Crippen LogP contribution in [0.1, 0.15) is 42.5 Å². The van der Waals surface area contributed by atoms with Crippen LogP contribution in [0, 0.1) is 12.8 Å². The first kappa shape index (κ1) is 25.9. The number of aryl methyl sites for hydroxylation is 2. The van der Waals surface area contributed by atoms with Gasteiger partial charge in [-0.3, -0.25) is 14.4 Å². The van der Waals surface area contributed by atoms with Crippen molar-refractivity contribution in [2.75, 3.05) is 23.9 Å². The molecule has 1 heterocycles. The molecule has 1 aliphatic heterocycles. The molecule has 0 saturated carbocycles. The van der Waals surface area contributed by atoms with Crippen molar-refractivity contribution in [2.24, 2.45) is 5.92 Å². The summed E-state index contributed by atoms with van der Waals surface area (Å²) in [7, 11) is 1.58. The standard InChI is InChI=1S/C30H32N2O5/c1-4-21-7-11-23(12-8-21)31-27(33)19-37-30(35)26-17-18-28(34)32(24-13-5-20(2)6-14-24)29(26)22-9-15-25(36-3)16-10-22/h5-16,26,29H,4,17-19H2,1-3H3,(H,31,33)/t26-,29+/m0/s1. The normalized spacial score (nSPS) is 17.3. The number of amides is 2. The van der Waals surface area contributed by atoms with Crippen molar-refractivity contribution in [3.8, 4) is 5.75 Å². The minimum Gasteiger partial charge on any atom is -0.497 e. The molecule has 3 aromatic rings. The lowest BCUT2D eigenvalue weighted by molar-refractivity contribution is -0.153. The van der Waals surface area contributed by atoms with Crippen molar-refractivity contribution >= 4 is 29.2 Å². The molecule has 0 bridgehead atoms. The lowest BCUT2D eigenvalue weighted by Crippen LogP contribution is -2.46. The van der Waals surface area contributed by atoms with Gasteiger partial charge in [-0.2, -0.15) is 0 Å². The largest absolute Gasteiger partial charge is 0.497 e. The van der Waals surface area contributed by atoms with Crippen LogP contribution in [0.25, 0.3) is 0 Å². The molecule has 1 saturated heterocycles. The highest BCUT2D eigenvalue weighted by Crippen LogP contribution is 2.41. The number of anilines is 2. The van der Waals surface area contributed by atoms with E-state index >= 15 is 0 Å². The first-order valence-corrected chi connectivity index (χ1v) is 12.5. The number of ether oxygens (including phenoxy) is 2. The van der Waals surface area contributed by atoms with Gasteiger partial charge in [0.2, 0.25) is 5.91 Å². The van der Waals surface area contributed by atoms with Crippen LogP contribution < -0.4 is 15.0 Å². The van der Waals surface area contributed by atoms with Gasteiger partial charge in [0.05, 0.1) is 19.1 Å². The fourth-order valence-electron chi connectivity index (χ4n) is 4.60. The Balaban J connectivity index is 1.54. The van der Waals surface area contributed by atoms with E-state index in [1.807, 2.05) is 67.6 Å². The number of esters is 1. The first-order chi connectivity index (χ1) is 17.9. The molecule has 0 aromatic heterocycles. The number of piperidine rings is 1. The predicted molar refractivity (Wildman–Crippen MR) is 143 cm³/mol. The molecule has 192 valence electrons. The van der Waals surface area contributed by atoms with Gasteiger partial charge in [0.25, 0.3) is 5.91 Å². The van der Waals surface area contributed by atoms with Gasteiger partial charge in [-0.05, 0) is 67.3 Å². The first-order valence-electron chi connectivity index (χ1n) is 12.5. The van der Waals surface area contributed by atoms with E-state index in [1.54, 1.807) is 24.1 Å². The molecule has 0 radical (unpaired) electrons. The number of benzene rings is 3. The SMILES string of the molecule is CCc1ccc(NC(=O)COC(=O)[C@H]2CCC(=O)N(c3ccc(C)cc3)[C@@H]2c2ccc(OC)cc2)cc1. The number of hydrogen-bond acceptors (Lipinski definition) is 5. The number of carbonyl (C=O) groups excluding carboxylic acids is 3. The van der Waals surface area contributed by atoms with E-state index in [0.717, 1.165) is 17.5 Å². The van der Waals surface area contributed by atoms with E-state index in [0.29, 0.717) is 23.5 Å². The Labute approximate surface area is 217 Å². The summed E-state index contributed by atoms with van der Waals surface area (Å²) >= 11 is 0. The van der Waals surface area contributed by atoms with Gasteiger partial charge >= 0.3 is 5.97 Å². The van der Waals surface area contributed by atoms with Crippen LogP contribution in [0.2, 0.25) is 0 Å². The summed E-state index contributed by atoms with van der Waals surface area (Å²) in [5, 5.41) is 2.76. The van der Waals surface area contributed by atoms with Crippen molar-refractivity contribution < 1.29 is 23.9 Å². The lowest BCUT2D eigenvalue weighted by atomic mass is 9.83. The Bertz CT molecular complexity index is 1240. The van der Waals surface area contributed by atoms with Crippen molar-refractivity contribution in [3.05, 3.63) is 89.5 Å². The fourth-order valence-corrected chi connectivity index (χ4v) is 4.60. The number of rotatable bonds is 8. The second-order valence-electron chi connectivity index (χ2n) is 9.17. The number of hydrogen-bond donors (Lipinski definition) is 1. The van der Waals surface area contributed by atoms with E-state index in [4.69, 9.17) is 9.47 Å². The Morgan fingerprint density at radius 2 is 1.65 bits per heavy atom. The number of carbonyl (C=O) groups is 3. The molecule has 0 aliphatic carbocycles. The topological polar surface area (TPSA) is 84.9 Å². The molecule has 4 rings (SSSR count). The van der Waals surface area contributed by atoms with Crippen molar-refractivity contribution in [1.82, 2.24) is 0 Å². The van der Waals surface area contributed by atoms with E-state index in [-0.39, 0.29) is 12.3 Å². The summed E-state index contributed by atoms with van der Waals surface area (Å²) in [5.74, 6) is -0.954. The fraction of sp³-hybridized carbons (Fsp3) is 0.300. The van der Waals surface area contributed by atoms with Gasteiger partial charge in [-0.15, -0.1) is 0 Å². The van der Waals surface area contributed by atoms with E-state index in [2.05, 4.69) is 12.2 Å². The summed E-state index contributed by atoms with van der Waals surface area (Å²) in [6, 6.07) is 21.9. The highest BCUT2D eigenvalue weighted by Gasteiger charge is 2.42. The minimum absolute atomic E-state index is 0.0676. The molecule has 7 heteroatoms. The maximum Gasteiger partial charge on any atom is 0.311 e. The molecule has 1 aliphatic rings. The summed E-state index contributed by atoms with van der Waals surface area (Å²) in [6.07, 6.45) is 1.44. The third-order valence-electron chi connectivity index (χ3n) is 6.66. The summed E-state index contributed by atoms with van der Waals surface area (Å²) in [4.78, 5) is 40.6. The van der Waals surface area contributed by atoms with Gasteiger partial charge in [-0.1, -0.05) is 48.9 Å². The van der Waals surface area contributed by atoms with Crippen LogP contribution >= 0.6 is 0 Å².